The van der Waals surface area contributed by atoms with Crippen LogP contribution in [0.4, 0.5) is 0 Å². The number of carbonyl (C=O) groups is 1. The lowest BCUT2D eigenvalue weighted by atomic mass is 10.0. The predicted molar refractivity (Wildman–Crippen MR) is 82.0 cm³/mol. The molecule has 0 aliphatic carbocycles. The molecular weight excluding hydrogens is 248 g/mol. The Balaban J connectivity index is 1.90. The largest absolute Gasteiger partial charge is 0.352 e. The van der Waals surface area contributed by atoms with Crippen molar-refractivity contribution in [3.8, 4) is 11.1 Å². The summed E-state index contributed by atoms with van der Waals surface area (Å²) in [6.45, 7) is 1.12. The maximum Gasteiger partial charge on any atom is 0.220 e. The third kappa shape index (κ3) is 4.21. The van der Waals surface area contributed by atoms with Crippen LogP contribution in [0.5, 0.6) is 0 Å². The summed E-state index contributed by atoms with van der Waals surface area (Å²) in [5, 5.41) is 2.90. The Kier molecular flexibility index (Phi) is 5.33. The van der Waals surface area contributed by atoms with Gasteiger partial charge in [0.2, 0.25) is 5.91 Å². The molecule has 2 rings (SSSR count). The summed E-state index contributed by atoms with van der Waals surface area (Å²) in [5.41, 5.74) is 8.86. The Bertz CT molecular complexity index is 535. The fourth-order valence-electron chi connectivity index (χ4n) is 2.00. The van der Waals surface area contributed by atoms with Crippen molar-refractivity contribution in [2.75, 3.05) is 6.54 Å². The van der Waals surface area contributed by atoms with Crippen LogP contribution in [0.15, 0.2) is 54.6 Å². The van der Waals surface area contributed by atoms with E-state index < -0.39 is 0 Å². The van der Waals surface area contributed by atoms with E-state index in [1.54, 1.807) is 0 Å². The summed E-state index contributed by atoms with van der Waals surface area (Å²) in [4.78, 5) is 11.5. The molecule has 3 heteroatoms. The van der Waals surface area contributed by atoms with Gasteiger partial charge >= 0.3 is 0 Å². The molecule has 0 unspecified atom stereocenters. The molecule has 2 aromatic carbocycles. The van der Waals surface area contributed by atoms with Gasteiger partial charge in [0.15, 0.2) is 0 Å². The molecule has 3 nitrogen and oxygen atoms in total. The van der Waals surface area contributed by atoms with Crippen molar-refractivity contribution in [1.82, 2.24) is 5.32 Å². The van der Waals surface area contributed by atoms with Gasteiger partial charge in [-0.05, 0) is 29.7 Å². The monoisotopic (exact) mass is 268 g/mol. The molecule has 3 N–H and O–H groups in total. The number of amides is 1. The van der Waals surface area contributed by atoms with Crippen LogP contribution in [0.2, 0.25) is 0 Å². The third-order valence-electron chi connectivity index (χ3n) is 3.16. The molecule has 0 aliphatic heterocycles. The van der Waals surface area contributed by atoms with Crippen LogP contribution >= 0.6 is 0 Å². The number of nitrogens with one attached hydrogen (secondary N) is 1. The van der Waals surface area contributed by atoms with Gasteiger partial charge in [-0.25, -0.2) is 0 Å². The number of rotatable bonds is 6. The highest BCUT2D eigenvalue weighted by Crippen LogP contribution is 2.19. The van der Waals surface area contributed by atoms with E-state index in [9.17, 15) is 4.79 Å². The lowest BCUT2D eigenvalue weighted by Crippen LogP contribution is -2.23. The van der Waals surface area contributed by atoms with Crippen LogP contribution in [0, 0.1) is 0 Å². The molecule has 0 aromatic heterocycles. The maximum atomic E-state index is 11.5. The van der Waals surface area contributed by atoms with Crippen molar-refractivity contribution in [3.63, 3.8) is 0 Å². The van der Waals surface area contributed by atoms with Crippen LogP contribution in [-0.4, -0.2) is 12.5 Å². The van der Waals surface area contributed by atoms with Gasteiger partial charge in [0.1, 0.15) is 0 Å². The fraction of sp³-hybridized carbons (Fsp3) is 0.235. The topological polar surface area (TPSA) is 55.1 Å². The Morgan fingerprint density at radius 3 is 2.25 bits per heavy atom. The number of nitrogens with two attached hydrogens (primary N) is 1. The van der Waals surface area contributed by atoms with Gasteiger partial charge in [0.05, 0.1) is 0 Å². The van der Waals surface area contributed by atoms with E-state index in [4.69, 9.17) is 5.73 Å². The molecule has 0 bridgehead atoms. The second-order valence-corrected chi connectivity index (χ2v) is 4.73. The molecule has 0 saturated heterocycles. The van der Waals surface area contributed by atoms with Crippen molar-refractivity contribution in [2.24, 2.45) is 5.73 Å². The van der Waals surface area contributed by atoms with Crippen molar-refractivity contribution in [3.05, 3.63) is 60.2 Å². The molecule has 0 heterocycles. The molecule has 1 amide bonds. The van der Waals surface area contributed by atoms with E-state index in [0.717, 1.165) is 12.0 Å². The molecule has 0 atom stereocenters. The zero-order valence-corrected chi connectivity index (χ0v) is 11.5. The summed E-state index contributed by atoms with van der Waals surface area (Å²) >= 11 is 0. The number of hydrogen-bond acceptors (Lipinski definition) is 2. The second-order valence-electron chi connectivity index (χ2n) is 4.73. The van der Waals surface area contributed by atoms with E-state index in [0.29, 0.717) is 19.5 Å². The van der Waals surface area contributed by atoms with Gasteiger partial charge < -0.3 is 11.1 Å². The van der Waals surface area contributed by atoms with Gasteiger partial charge in [-0.2, -0.15) is 0 Å². The first-order valence-electron chi connectivity index (χ1n) is 6.91. The minimum atomic E-state index is 0.0579. The van der Waals surface area contributed by atoms with Gasteiger partial charge in [0.25, 0.3) is 0 Å². The van der Waals surface area contributed by atoms with Gasteiger partial charge in [-0.3, -0.25) is 4.79 Å². The molecule has 20 heavy (non-hydrogen) atoms. The molecule has 104 valence electrons. The van der Waals surface area contributed by atoms with E-state index in [2.05, 4.69) is 29.6 Å². The summed E-state index contributed by atoms with van der Waals surface area (Å²) in [7, 11) is 0. The molecule has 0 saturated carbocycles. The second kappa shape index (κ2) is 7.46. The van der Waals surface area contributed by atoms with Crippen molar-refractivity contribution in [2.45, 2.75) is 19.4 Å². The molecule has 0 fully saturated rings. The van der Waals surface area contributed by atoms with Crippen LogP contribution < -0.4 is 11.1 Å². The first-order chi connectivity index (χ1) is 9.79. The molecule has 0 spiro atoms. The number of benzene rings is 2. The van der Waals surface area contributed by atoms with E-state index in [1.165, 1.54) is 11.1 Å². The molecule has 2 aromatic rings. The maximum absolute atomic E-state index is 11.5. The standard InChI is InChI=1S/C17H20N2O/c18-12-4-7-17(20)19-13-14-8-10-16(11-9-14)15-5-2-1-3-6-15/h1-3,5-6,8-11H,4,7,12-13,18H2,(H,19,20). The first kappa shape index (κ1) is 14.3. The summed E-state index contributed by atoms with van der Waals surface area (Å²) in [6, 6.07) is 18.5. The zero-order valence-electron chi connectivity index (χ0n) is 11.5. The highest BCUT2D eigenvalue weighted by molar-refractivity contribution is 5.75. The number of carbonyl (C=O) groups excluding carboxylic acids is 1. The Hall–Kier alpha value is -2.13. The Labute approximate surface area is 119 Å². The number of hydrogen-bond donors (Lipinski definition) is 2. The average Bonchev–Trinajstić information content (AvgIpc) is 2.52. The van der Waals surface area contributed by atoms with Gasteiger partial charge in [-0.15, -0.1) is 0 Å². The average molecular weight is 268 g/mol. The van der Waals surface area contributed by atoms with E-state index >= 15 is 0 Å². The minimum absolute atomic E-state index is 0.0579. The minimum Gasteiger partial charge on any atom is -0.352 e. The SMILES string of the molecule is NCCCC(=O)NCc1ccc(-c2ccccc2)cc1. The van der Waals surface area contributed by atoms with Crippen LogP contribution in [0.1, 0.15) is 18.4 Å². The van der Waals surface area contributed by atoms with E-state index in [1.807, 2.05) is 30.3 Å². The lowest BCUT2D eigenvalue weighted by Gasteiger charge is -2.06. The summed E-state index contributed by atoms with van der Waals surface area (Å²) in [6.07, 6.45) is 1.23. The summed E-state index contributed by atoms with van der Waals surface area (Å²) < 4.78 is 0. The van der Waals surface area contributed by atoms with Crippen molar-refractivity contribution in [1.29, 1.82) is 0 Å². The van der Waals surface area contributed by atoms with Crippen LogP contribution in [0.25, 0.3) is 11.1 Å². The lowest BCUT2D eigenvalue weighted by molar-refractivity contribution is -0.121. The van der Waals surface area contributed by atoms with Crippen LogP contribution in [-0.2, 0) is 11.3 Å². The van der Waals surface area contributed by atoms with E-state index in [-0.39, 0.29) is 5.91 Å². The van der Waals surface area contributed by atoms with Crippen molar-refractivity contribution < 1.29 is 4.79 Å². The molecule has 0 aliphatic rings. The highest BCUT2D eigenvalue weighted by Gasteiger charge is 2.01. The highest BCUT2D eigenvalue weighted by atomic mass is 16.1. The quantitative estimate of drug-likeness (QED) is 0.846. The van der Waals surface area contributed by atoms with Gasteiger partial charge in [0, 0.05) is 13.0 Å². The summed E-state index contributed by atoms with van der Waals surface area (Å²) in [5.74, 6) is 0.0579. The van der Waals surface area contributed by atoms with Gasteiger partial charge in [-0.1, -0.05) is 54.6 Å². The third-order valence-corrected chi connectivity index (χ3v) is 3.16. The smallest absolute Gasteiger partial charge is 0.220 e. The van der Waals surface area contributed by atoms with Crippen LogP contribution in [0.3, 0.4) is 0 Å². The normalized spacial score (nSPS) is 10.2. The predicted octanol–water partition coefficient (Wildman–Crippen LogP) is 2.71. The Morgan fingerprint density at radius 1 is 0.950 bits per heavy atom. The fourth-order valence-corrected chi connectivity index (χ4v) is 2.00. The Morgan fingerprint density at radius 2 is 1.60 bits per heavy atom. The first-order valence-corrected chi connectivity index (χ1v) is 6.91. The van der Waals surface area contributed by atoms with Crippen molar-refractivity contribution >= 4 is 5.91 Å². The molecule has 0 radical (unpaired) electrons. The zero-order chi connectivity index (χ0) is 14.2. The molecular formula is C17H20N2O.